The zero-order valence-electron chi connectivity index (χ0n) is 22.1. The van der Waals surface area contributed by atoms with Crippen LogP contribution in [0, 0.1) is 17.0 Å². The van der Waals surface area contributed by atoms with Gasteiger partial charge in [-0.3, -0.25) is 24.8 Å². The second-order valence-corrected chi connectivity index (χ2v) is 9.52. The van der Waals surface area contributed by atoms with Crippen LogP contribution in [0.5, 0.6) is 11.5 Å². The largest absolute Gasteiger partial charge is 0.493 e. The van der Waals surface area contributed by atoms with E-state index in [1.165, 1.54) is 0 Å². The molecule has 0 atom stereocenters. The Kier molecular flexibility index (Phi) is 8.91. The number of carbonyl (C=O) groups is 1. The van der Waals surface area contributed by atoms with E-state index >= 15 is 0 Å². The molecule has 1 fully saturated rings. The summed E-state index contributed by atoms with van der Waals surface area (Å²) in [6, 6.07) is 16.4. The van der Waals surface area contributed by atoms with Crippen LogP contribution in [-0.2, 0) is 13.0 Å². The van der Waals surface area contributed by atoms with E-state index in [1.54, 1.807) is 26.4 Å². The Balaban J connectivity index is 1.37. The number of amides is 1. The lowest BCUT2D eigenvalue weighted by molar-refractivity contribution is -0.385. The maximum Gasteiger partial charge on any atom is 0.273 e. The molecule has 9 nitrogen and oxygen atoms in total. The predicted octanol–water partition coefficient (Wildman–Crippen LogP) is 4.67. The highest BCUT2D eigenvalue weighted by atomic mass is 16.6. The number of pyridine rings is 1. The monoisotopic (exact) mass is 518 g/mol. The molecule has 1 aromatic heterocycles. The number of aromatic nitrogens is 1. The maximum absolute atomic E-state index is 13.2. The number of benzene rings is 2. The van der Waals surface area contributed by atoms with Gasteiger partial charge in [0, 0.05) is 36.3 Å². The third-order valence-corrected chi connectivity index (χ3v) is 7.01. The molecule has 0 saturated carbocycles. The van der Waals surface area contributed by atoms with Crippen LogP contribution in [0.4, 0.5) is 5.69 Å². The van der Waals surface area contributed by atoms with Crippen molar-refractivity contribution in [2.45, 2.75) is 38.6 Å². The number of rotatable bonds is 10. The second kappa shape index (κ2) is 12.5. The van der Waals surface area contributed by atoms with Gasteiger partial charge in [0.15, 0.2) is 11.5 Å². The van der Waals surface area contributed by atoms with Crippen LogP contribution < -0.4 is 14.8 Å². The minimum Gasteiger partial charge on any atom is -0.493 e. The van der Waals surface area contributed by atoms with E-state index in [2.05, 4.69) is 10.2 Å². The Morgan fingerprint density at radius 1 is 1.08 bits per heavy atom. The number of hydrogen-bond donors (Lipinski definition) is 1. The first-order valence-corrected chi connectivity index (χ1v) is 12.8. The molecule has 1 amide bonds. The zero-order valence-corrected chi connectivity index (χ0v) is 22.1. The quantitative estimate of drug-likeness (QED) is 0.307. The van der Waals surface area contributed by atoms with E-state index in [0.29, 0.717) is 36.6 Å². The molecule has 0 spiro atoms. The molecule has 1 aliphatic heterocycles. The first-order chi connectivity index (χ1) is 18.4. The first-order valence-electron chi connectivity index (χ1n) is 12.8. The highest BCUT2D eigenvalue weighted by Gasteiger charge is 2.27. The van der Waals surface area contributed by atoms with Gasteiger partial charge in [0.05, 0.1) is 30.4 Å². The summed E-state index contributed by atoms with van der Waals surface area (Å²) in [5, 5.41) is 14.4. The van der Waals surface area contributed by atoms with Gasteiger partial charge in [0.1, 0.15) is 0 Å². The number of likely N-dealkylation sites (tertiary alicyclic amines) is 1. The molecular weight excluding hydrogens is 484 g/mol. The molecule has 9 heteroatoms. The summed E-state index contributed by atoms with van der Waals surface area (Å²) < 4.78 is 10.7. The van der Waals surface area contributed by atoms with Crippen molar-refractivity contribution in [3.63, 3.8) is 0 Å². The summed E-state index contributed by atoms with van der Waals surface area (Å²) >= 11 is 0. The standard InChI is InChI=1S/C29H34N4O5/c1-20-8-10-24(29(34)30-15-12-21-9-11-26(37-2)27(18-21)38-3)28(31-20)22-13-16-32(17-14-22)19-23-6-4-5-7-25(23)33(35)36/h4-11,18,22H,12-17,19H2,1-3H3,(H,30,34). The van der Waals surface area contributed by atoms with Crippen molar-refractivity contribution in [1.82, 2.24) is 15.2 Å². The molecule has 1 aliphatic rings. The van der Waals surface area contributed by atoms with E-state index in [4.69, 9.17) is 14.5 Å². The van der Waals surface area contributed by atoms with E-state index in [1.807, 2.05) is 49.4 Å². The molecule has 0 bridgehead atoms. The van der Waals surface area contributed by atoms with Crippen molar-refractivity contribution in [3.8, 4) is 11.5 Å². The highest BCUT2D eigenvalue weighted by molar-refractivity contribution is 5.95. The Hall–Kier alpha value is -3.98. The number of methoxy groups -OCH3 is 2. The molecule has 1 saturated heterocycles. The average Bonchev–Trinajstić information content (AvgIpc) is 2.93. The molecule has 4 rings (SSSR count). The molecule has 0 aliphatic carbocycles. The number of nitrogens with zero attached hydrogens (tertiary/aromatic N) is 3. The molecule has 0 radical (unpaired) electrons. The molecule has 3 aromatic rings. The Morgan fingerprint density at radius 2 is 1.82 bits per heavy atom. The number of carbonyl (C=O) groups excluding carboxylic acids is 1. The Morgan fingerprint density at radius 3 is 2.53 bits per heavy atom. The predicted molar refractivity (Wildman–Crippen MR) is 145 cm³/mol. The molecule has 2 aromatic carbocycles. The molecular formula is C29H34N4O5. The highest BCUT2D eigenvalue weighted by Crippen LogP contribution is 2.31. The van der Waals surface area contributed by atoms with Gasteiger partial charge in [0.2, 0.25) is 0 Å². The summed E-state index contributed by atoms with van der Waals surface area (Å²) in [6.45, 7) is 4.52. The Labute approximate surface area is 222 Å². The number of nitrogens with one attached hydrogen (secondary N) is 1. The smallest absolute Gasteiger partial charge is 0.273 e. The van der Waals surface area contributed by atoms with Gasteiger partial charge < -0.3 is 14.8 Å². The normalized spacial score (nSPS) is 14.2. The van der Waals surface area contributed by atoms with Gasteiger partial charge in [-0.05, 0) is 69.1 Å². The van der Waals surface area contributed by atoms with Gasteiger partial charge in [0.25, 0.3) is 11.6 Å². The summed E-state index contributed by atoms with van der Waals surface area (Å²) in [5.74, 6) is 1.36. The van der Waals surface area contributed by atoms with Crippen LogP contribution in [0.25, 0.3) is 0 Å². The summed E-state index contributed by atoms with van der Waals surface area (Å²) in [6.07, 6.45) is 2.33. The number of para-hydroxylation sites is 1. The topological polar surface area (TPSA) is 107 Å². The number of ether oxygens (including phenoxy) is 2. The van der Waals surface area contributed by atoms with Crippen LogP contribution in [0.3, 0.4) is 0 Å². The van der Waals surface area contributed by atoms with Crippen molar-refractivity contribution in [1.29, 1.82) is 0 Å². The van der Waals surface area contributed by atoms with Gasteiger partial charge in [-0.25, -0.2) is 0 Å². The third-order valence-electron chi connectivity index (χ3n) is 7.01. The van der Waals surface area contributed by atoms with Gasteiger partial charge in [-0.15, -0.1) is 0 Å². The number of nitro benzene ring substituents is 1. The minimum absolute atomic E-state index is 0.129. The zero-order chi connectivity index (χ0) is 27.1. The molecule has 1 N–H and O–H groups in total. The van der Waals surface area contributed by atoms with E-state index in [0.717, 1.165) is 48.4 Å². The van der Waals surface area contributed by atoms with E-state index in [-0.39, 0.29) is 22.4 Å². The fourth-order valence-corrected chi connectivity index (χ4v) is 4.96. The Bertz CT molecular complexity index is 1290. The van der Waals surface area contributed by atoms with Gasteiger partial charge in [-0.2, -0.15) is 0 Å². The van der Waals surface area contributed by atoms with Crippen LogP contribution >= 0.6 is 0 Å². The average molecular weight is 519 g/mol. The minimum atomic E-state index is -0.325. The third kappa shape index (κ3) is 6.47. The van der Waals surface area contributed by atoms with Crippen LogP contribution in [0.2, 0.25) is 0 Å². The van der Waals surface area contributed by atoms with Crippen LogP contribution in [0.1, 0.15) is 51.6 Å². The van der Waals surface area contributed by atoms with Gasteiger partial charge >= 0.3 is 0 Å². The van der Waals surface area contributed by atoms with Crippen molar-refractivity contribution in [3.05, 3.63) is 92.8 Å². The molecule has 200 valence electrons. The lowest BCUT2D eigenvalue weighted by Gasteiger charge is -2.32. The number of nitro groups is 1. The van der Waals surface area contributed by atoms with Crippen molar-refractivity contribution in [2.24, 2.45) is 0 Å². The van der Waals surface area contributed by atoms with Crippen molar-refractivity contribution < 1.29 is 19.2 Å². The summed E-state index contributed by atoms with van der Waals surface area (Å²) in [4.78, 5) is 31.2. The van der Waals surface area contributed by atoms with Crippen molar-refractivity contribution in [2.75, 3.05) is 33.9 Å². The van der Waals surface area contributed by atoms with E-state index < -0.39 is 0 Å². The fourth-order valence-electron chi connectivity index (χ4n) is 4.96. The summed E-state index contributed by atoms with van der Waals surface area (Å²) in [7, 11) is 3.20. The van der Waals surface area contributed by atoms with Crippen LogP contribution in [0.15, 0.2) is 54.6 Å². The summed E-state index contributed by atoms with van der Waals surface area (Å²) in [5.41, 5.74) is 4.24. The second-order valence-electron chi connectivity index (χ2n) is 9.52. The number of piperidine rings is 1. The lowest BCUT2D eigenvalue weighted by Crippen LogP contribution is -2.34. The number of hydrogen-bond acceptors (Lipinski definition) is 7. The first kappa shape index (κ1) is 27.1. The molecule has 0 unspecified atom stereocenters. The lowest BCUT2D eigenvalue weighted by atomic mass is 9.89. The molecule has 38 heavy (non-hydrogen) atoms. The number of aryl methyl sites for hydroxylation is 1. The van der Waals surface area contributed by atoms with Gasteiger partial charge in [-0.1, -0.05) is 24.3 Å². The van der Waals surface area contributed by atoms with Crippen LogP contribution in [-0.4, -0.2) is 54.6 Å². The molecule has 2 heterocycles. The SMILES string of the molecule is COc1ccc(CCNC(=O)c2ccc(C)nc2C2CCN(Cc3ccccc3[N+](=O)[O-])CC2)cc1OC. The van der Waals surface area contributed by atoms with Crippen molar-refractivity contribution >= 4 is 11.6 Å². The maximum atomic E-state index is 13.2. The fraction of sp³-hybridized carbons (Fsp3) is 0.379. The van der Waals surface area contributed by atoms with E-state index in [9.17, 15) is 14.9 Å².